The molecule has 0 unspecified atom stereocenters. The van der Waals surface area contributed by atoms with Crippen LogP contribution in [0.5, 0.6) is 0 Å². The van der Waals surface area contributed by atoms with Crippen molar-refractivity contribution in [2.45, 2.75) is 11.9 Å². The number of hydrogen-bond acceptors (Lipinski definition) is 6. The van der Waals surface area contributed by atoms with Crippen LogP contribution in [0.1, 0.15) is 6.92 Å². The minimum Gasteiger partial charge on any atom is -0.462 e. The summed E-state index contributed by atoms with van der Waals surface area (Å²) in [4.78, 5) is 16.6. The van der Waals surface area contributed by atoms with E-state index in [9.17, 15) is 13.2 Å². The first-order valence-corrected chi connectivity index (χ1v) is 7.09. The highest BCUT2D eigenvalue weighted by molar-refractivity contribution is 7.96. The van der Waals surface area contributed by atoms with Gasteiger partial charge in [-0.25, -0.2) is 18.2 Å². The van der Waals surface area contributed by atoms with Crippen molar-refractivity contribution >= 4 is 15.8 Å². The third-order valence-electron chi connectivity index (χ3n) is 2.05. The molecule has 1 rings (SSSR count). The van der Waals surface area contributed by atoms with Gasteiger partial charge in [-0.2, -0.15) is 0 Å². The molecular weight excluding hydrogens is 268 g/mol. The summed E-state index contributed by atoms with van der Waals surface area (Å²) in [7, 11) is -0.747. The lowest BCUT2D eigenvalue weighted by atomic mass is 10.5. The molecule has 19 heavy (non-hydrogen) atoms. The zero-order valence-corrected chi connectivity index (χ0v) is 11.8. The molecule has 0 amide bonds. The highest BCUT2D eigenvalue weighted by Crippen LogP contribution is 2.18. The van der Waals surface area contributed by atoms with Gasteiger partial charge in [-0.1, -0.05) is 6.07 Å². The van der Waals surface area contributed by atoms with E-state index in [1.807, 2.05) is 0 Å². The molecule has 0 aliphatic heterocycles. The van der Waals surface area contributed by atoms with Gasteiger partial charge < -0.3 is 9.64 Å². The molecule has 0 N–H and O–H groups in total. The van der Waals surface area contributed by atoms with Crippen LogP contribution in [0.15, 0.2) is 40.5 Å². The molecule has 0 saturated heterocycles. The van der Waals surface area contributed by atoms with Crippen LogP contribution in [-0.2, 0) is 19.4 Å². The molecule has 0 fully saturated rings. The van der Waals surface area contributed by atoms with Crippen molar-refractivity contribution in [1.82, 2.24) is 9.88 Å². The summed E-state index contributed by atoms with van der Waals surface area (Å²) in [6.07, 6.45) is 2.56. The van der Waals surface area contributed by atoms with Crippen LogP contribution in [0.3, 0.4) is 0 Å². The molecule has 0 aliphatic carbocycles. The fourth-order valence-electron chi connectivity index (χ4n) is 1.29. The number of hydrogen-bond donors (Lipinski definition) is 0. The van der Waals surface area contributed by atoms with Gasteiger partial charge in [0.1, 0.15) is 0 Å². The summed E-state index contributed by atoms with van der Waals surface area (Å²) in [5.74, 6) is -0.887. The Labute approximate surface area is 112 Å². The Morgan fingerprint density at radius 1 is 1.42 bits per heavy atom. The van der Waals surface area contributed by atoms with Crippen molar-refractivity contribution in [3.05, 3.63) is 35.5 Å². The van der Waals surface area contributed by atoms with Gasteiger partial charge in [0.2, 0.25) is 9.84 Å². The minimum absolute atomic E-state index is 0.0986. The first-order chi connectivity index (χ1) is 8.89. The molecule has 0 atom stereocenters. The number of nitrogens with zero attached hydrogens (tertiary/aromatic N) is 2. The van der Waals surface area contributed by atoms with Crippen LogP contribution < -0.4 is 0 Å². The normalized spacial score (nSPS) is 12.1. The monoisotopic (exact) mass is 284 g/mol. The summed E-state index contributed by atoms with van der Waals surface area (Å²) in [5, 5.41) is -0.184. The Hall–Kier alpha value is -1.89. The van der Waals surface area contributed by atoms with Gasteiger partial charge in [0, 0.05) is 26.5 Å². The van der Waals surface area contributed by atoms with Gasteiger partial charge in [0.05, 0.1) is 6.61 Å². The van der Waals surface area contributed by atoms with E-state index in [1.165, 1.54) is 29.4 Å². The lowest BCUT2D eigenvalue weighted by Crippen LogP contribution is -2.20. The van der Waals surface area contributed by atoms with Crippen LogP contribution in [0, 0.1) is 0 Å². The maximum absolute atomic E-state index is 12.3. The number of carbonyl (C=O) groups excluding carboxylic acids is 1. The van der Waals surface area contributed by atoms with Crippen LogP contribution >= 0.6 is 0 Å². The number of esters is 1. The molecule has 0 spiro atoms. The molecule has 104 valence electrons. The van der Waals surface area contributed by atoms with Gasteiger partial charge >= 0.3 is 5.97 Å². The maximum atomic E-state index is 12.3. The van der Waals surface area contributed by atoms with E-state index in [-0.39, 0.29) is 11.6 Å². The van der Waals surface area contributed by atoms with Crippen molar-refractivity contribution in [2.24, 2.45) is 0 Å². The third-order valence-corrected chi connectivity index (χ3v) is 3.70. The molecule has 1 aromatic rings. The summed E-state index contributed by atoms with van der Waals surface area (Å²) in [5.41, 5.74) is 0. The van der Waals surface area contributed by atoms with Crippen molar-refractivity contribution in [3.8, 4) is 0 Å². The minimum atomic E-state index is -3.98. The largest absolute Gasteiger partial charge is 0.462 e. The zero-order valence-electron chi connectivity index (χ0n) is 11.0. The molecule has 0 aliphatic rings. The molecule has 1 aromatic heterocycles. The Morgan fingerprint density at radius 2 is 2.11 bits per heavy atom. The van der Waals surface area contributed by atoms with E-state index in [4.69, 9.17) is 4.74 Å². The van der Waals surface area contributed by atoms with Crippen LogP contribution in [0.25, 0.3) is 0 Å². The molecule has 0 radical (unpaired) electrons. The van der Waals surface area contributed by atoms with E-state index >= 15 is 0 Å². The first kappa shape index (κ1) is 15.2. The van der Waals surface area contributed by atoms with Crippen LogP contribution in [-0.4, -0.2) is 45.0 Å². The number of aromatic nitrogens is 1. The van der Waals surface area contributed by atoms with E-state index in [0.717, 1.165) is 0 Å². The molecular formula is C12H16N2O4S. The molecule has 6 nitrogen and oxygen atoms in total. The van der Waals surface area contributed by atoms with Crippen LogP contribution in [0.2, 0.25) is 0 Å². The Balaban J connectivity index is 3.30. The SMILES string of the molecule is CCOC(=O)/C(=C/N(C)C)S(=O)(=O)c1ccccn1. The summed E-state index contributed by atoms with van der Waals surface area (Å²) < 4.78 is 29.4. The quantitative estimate of drug-likeness (QED) is 0.588. The number of ether oxygens (including phenoxy) is 1. The van der Waals surface area contributed by atoms with Gasteiger partial charge in [-0.15, -0.1) is 0 Å². The number of pyridine rings is 1. The second-order valence-corrected chi connectivity index (χ2v) is 5.71. The van der Waals surface area contributed by atoms with E-state index in [2.05, 4.69) is 4.98 Å². The lowest BCUT2D eigenvalue weighted by Gasteiger charge is -2.11. The van der Waals surface area contributed by atoms with Crippen molar-refractivity contribution in [3.63, 3.8) is 0 Å². The highest BCUT2D eigenvalue weighted by Gasteiger charge is 2.29. The fraction of sp³-hybridized carbons (Fsp3) is 0.333. The lowest BCUT2D eigenvalue weighted by molar-refractivity contribution is -0.137. The highest BCUT2D eigenvalue weighted by atomic mass is 32.2. The zero-order chi connectivity index (χ0) is 14.5. The molecule has 7 heteroatoms. The van der Waals surface area contributed by atoms with Crippen molar-refractivity contribution in [1.29, 1.82) is 0 Å². The van der Waals surface area contributed by atoms with Crippen LogP contribution in [0.4, 0.5) is 0 Å². The standard InChI is InChI=1S/C12H16N2O4S/c1-4-18-12(15)10(9-14(2)3)19(16,17)11-7-5-6-8-13-11/h5-9H,4H2,1-3H3/b10-9-. The van der Waals surface area contributed by atoms with Crippen molar-refractivity contribution in [2.75, 3.05) is 20.7 Å². The Morgan fingerprint density at radius 3 is 2.58 bits per heavy atom. The smallest absolute Gasteiger partial charge is 0.351 e. The van der Waals surface area contributed by atoms with E-state index in [0.29, 0.717) is 0 Å². The first-order valence-electron chi connectivity index (χ1n) is 5.61. The predicted molar refractivity (Wildman–Crippen MR) is 69.8 cm³/mol. The van der Waals surface area contributed by atoms with Gasteiger partial charge in [-0.3, -0.25) is 0 Å². The number of sulfone groups is 1. The average molecular weight is 284 g/mol. The van der Waals surface area contributed by atoms with E-state index < -0.39 is 20.7 Å². The van der Waals surface area contributed by atoms with Crippen molar-refractivity contribution < 1.29 is 17.9 Å². The van der Waals surface area contributed by atoms with Gasteiger partial charge in [0.15, 0.2) is 9.93 Å². The average Bonchev–Trinajstić information content (AvgIpc) is 2.37. The van der Waals surface area contributed by atoms with Gasteiger partial charge in [-0.05, 0) is 19.1 Å². The Bertz CT molecular complexity index is 565. The fourth-order valence-corrected chi connectivity index (χ4v) is 2.60. The molecule has 1 heterocycles. The van der Waals surface area contributed by atoms with Gasteiger partial charge in [0.25, 0.3) is 0 Å². The van der Waals surface area contributed by atoms with E-state index in [1.54, 1.807) is 27.1 Å². The molecule has 0 saturated carbocycles. The topological polar surface area (TPSA) is 76.6 Å². The summed E-state index contributed by atoms with van der Waals surface area (Å²) >= 11 is 0. The third kappa shape index (κ3) is 3.78. The summed E-state index contributed by atoms with van der Waals surface area (Å²) in [6, 6.07) is 4.47. The number of rotatable bonds is 5. The number of carbonyl (C=O) groups is 1. The molecule has 0 bridgehead atoms. The maximum Gasteiger partial charge on any atom is 0.351 e. The molecule has 0 aromatic carbocycles. The predicted octanol–water partition coefficient (Wildman–Crippen LogP) is 0.821. The Kier molecular flexibility index (Phi) is 5.05. The second kappa shape index (κ2) is 6.33. The summed E-state index contributed by atoms with van der Waals surface area (Å²) in [6.45, 7) is 1.71. The second-order valence-electron chi connectivity index (χ2n) is 3.85.